The van der Waals surface area contributed by atoms with Crippen LogP contribution in [0.3, 0.4) is 0 Å². The van der Waals surface area contributed by atoms with Crippen LogP contribution in [0.5, 0.6) is 5.75 Å². The van der Waals surface area contributed by atoms with Gasteiger partial charge in [0, 0.05) is 23.6 Å². The number of aromatic nitrogens is 1. The van der Waals surface area contributed by atoms with E-state index in [0.717, 1.165) is 12.8 Å². The van der Waals surface area contributed by atoms with E-state index in [-0.39, 0.29) is 11.8 Å². The third-order valence-corrected chi connectivity index (χ3v) is 5.53. The molecule has 27 heavy (non-hydrogen) atoms. The number of nitrogens with zero attached hydrogens (tertiary/aromatic N) is 1. The number of methoxy groups -OCH3 is 1. The molecule has 1 aromatic heterocycles. The molecule has 0 bridgehead atoms. The predicted octanol–water partition coefficient (Wildman–Crippen LogP) is 4.70. The van der Waals surface area contributed by atoms with Crippen molar-refractivity contribution >= 4 is 34.0 Å². The van der Waals surface area contributed by atoms with E-state index in [4.69, 9.17) is 4.74 Å². The minimum atomic E-state index is -0.264. The minimum absolute atomic E-state index is 0.000173. The van der Waals surface area contributed by atoms with Crippen LogP contribution >= 0.6 is 11.3 Å². The fourth-order valence-electron chi connectivity index (χ4n) is 3.42. The van der Waals surface area contributed by atoms with Crippen molar-refractivity contribution in [2.45, 2.75) is 44.9 Å². The van der Waals surface area contributed by atoms with E-state index in [1.165, 1.54) is 44.1 Å². The largest absolute Gasteiger partial charge is 0.495 e. The van der Waals surface area contributed by atoms with E-state index in [1.54, 1.807) is 29.8 Å². The summed E-state index contributed by atoms with van der Waals surface area (Å²) in [6.07, 6.45) is 9.39. The maximum atomic E-state index is 12.4. The molecule has 7 heteroatoms. The average molecular weight is 388 g/mol. The highest BCUT2D eigenvalue weighted by Crippen LogP contribution is 2.29. The molecule has 0 unspecified atom stereocenters. The fourth-order valence-corrected chi connectivity index (χ4v) is 3.95. The molecule has 144 valence electrons. The van der Waals surface area contributed by atoms with Gasteiger partial charge in [-0.15, -0.1) is 11.3 Å². The van der Waals surface area contributed by atoms with Crippen LogP contribution in [0.1, 0.15) is 55.3 Å². The van der Waals surface area contributed by atoms with Gasteiger partial charge in [0.2, 0.25) is 5.91 Å². The second kappa shape index (κ2) is 9.50. The Balaban J connectivity index is 1.63. The number of benzene rings is 1. The average Bonchev–Trinajstić information content (AvgIpc) is 3.04. The highest BCUT2D eigenvalue weighted by atomic mass is 32.1. The molecule has 1 aliphatic carbocycles. The number of nitrogens with one attached hydrogen (secondary N) is 2. The Bertz CT molecular complexity index is 769. The molecule has 0 radical (unpaired) electrons. The standard InChI is InChI=1S/C20H25N3O3S/c1-26-17-13-15(19(25)23-20-21-10-11-27-20)8-9-16(17)22-18(24)12-14-6-4-2-3-5-7-14/h8-11,13-14H,2-7,12H2,1H3,(H,22,24)(H,21,23,25). The summed E-state index contributed by atoms with van der Waals surface area (Å²) in [5, 5.41) is 8.01. The van der Waals surface area contributed by atoms with E-state index >= 15 is 0 Å². The molecular formula is C20H25N3O3S. The Labute approximate surface area is 163 Å². The van der Waals surface area contributed by atoms with Gasteiger partial charge in [-0.25, -0.2) is 4.98 Å². The van der Waals surface area contributed by atoms with Crippen LogP contribution in [0.25, 0.3) is 0 Å². The molecule has 2 N–H and O–H groups in total. The van der Waals surface area contributed by atoms with Crippen molar-refractivity contribution in [1.82, 2.24) is 4.98 Å². The summed E-state index contributed by atoms with van der Waals surface area (Å²) in [5.74, 6) is 0.664. The van der Waals surface area contributed by atoms with Crippen LogP contribution in [0, 0.1) is 5.92 Å². The van der Waals surface area contributed by atoms with E-state index in [0.29, 0.717) is 34.5 Å². The van der Waals surface area contributed by atoms with Crippen molar-refractivity contribution in [2.75, 3.05) is 17.7 Å². The molecule has 1 aliphatic rings. The molecule has 1 aromatic carbocycles. The molecule has 0 aliphatic heterocycles. The quantitative estimate of drug-likeness (QED) is 0.704. The van der Waals surface area contributed by atoms with Gasteiger partial charge in [-0.1, -0.05) is 25.7 Å². The number of hydrogen-bond acceptors (Lipinski definition) is 5. The van der Waals surface area contributed by atoms with Crippen LogP contribution in [-0.2, 0) is 4.79 Å². The molecule has 1 heterocycles. The zero-order valence-electron chi connectivity index (χ0n) is 15.5. The Morgan fingerprint density at radius 2 is 1.96 bits per heavy atom. The summed E-state index contributed by atoms with van der Waals surface area (Å²) in [6.45, 7) is 0. The summed E-state index contributed by atoms with van der Waals surface area (Å²) in [7, 11) is 1.53. The predicted molar refractivity (Wildman–Crippen MR) is 107 cm³/mol. The lowest BCUT2D eigenvalue weighted by Crippen LogP contribution is -2.17. The molecule has 2 aromatic rings. The number of ether oxygens (including phenoxy) is 1. The highest BCUT2D eigenvalue weighted by molar-refractivity contribution is 7.13. The molecule has 2 amide bonds. The molecule has 0 atom stereocenters. The minimum Gasteiger partial charge on any atom is -0.495 e. The maximum Gasteiger partial charge on any atom is 0.257 e. The lowest BCUT2D eigenvalue weighted by atomic mass is 9.96. The van der Waals surface area contributed by atoms with Crippen molar-refractivity contribution in [2.24, 2.45) is 5.92 Å². The second-order valence-corrected chi connectivity index (χ2v) is 7.71. The second-order valence-electron chi connectivity index (χ2n) is 6.82. The summed E-state index contributed by atoms with van der Waals surface area (Å²) in [5.41, 5.74) is 1.03. The van der Waals surface area contributed by atoms with Gasteiger partial charge >= 0.3 is 0 Å². The Morgan fingerprint density at radius 3 is 2.63 bits per heavy atom. The first-order valence-electron chi connectivity index (χ1n) is 9.34. The maximum absolute atomic E-state index is 12.4. The van der Waals surface area contributed by atoms with Crippen LogP contribution < -0.4 is 15.4 Å². The number of hydrogen-bond donors (Lipinski definition) is 2. The summed E-state index contributed by atoms with van der Waals surface area (Å²) < 4.78 is 5.37. The van der Waals surface area contributed by atoms with Crippen molar-refractivity contribution < 1.29 is 14.3 Å². The Hall–Kier alpha value is -2.41. The number of carbonyl (C=O) groups is 2. The Morgan fingerprint density at radius 1 is 1.19 bits per heavy atom. The summed E-state index contributed by atoms with van der Waals surface area (Å²) in [6, 6.07) is 5.01. The SMILES string of the molecule is COc1cc(C(=O)Nc2nccs2)ccc1NC(=O)CC1CCCCCC1. The summed E-state index contributed by atoms with van der Waals surface area (Å²) >= 11 is 1.35. The lowest BCUT2D eigenvalue weighted by molar-refractivity contribution is -0.117. The first-order chi connectivity index (χ1) is 13.2. The van der Waals surface area contributed by atoms with Crippen molar-refractivity contribution in [3.8, 4) is 5.75 Å². The molecule has 6 nitrogen and oxygen atoms in total. The van der Waals surface area contributed by atoms with Gasteiger partial charge in [-0.3, -0.25) is 14.9 Å². The third-order valence-electron chi connectivity index (χ3n) is 4.84. The van der Waals surface area contributed by atoms with Gasteiger partial charge in [-0.2, -0.15) is 0 Å². The van der Waals surface area contributed by atoms with Gasteiger partial charge in [0.1, 0.15) is 5.75 Å². The smallest absolute Gasteiger partial charge is 0.257 e. The van der Waals surface area contributed by atoms with Crippen molar-refractivity contribution in [3.63, 3.8) is 0 Å². The Kier molecular flexibility index (Phi) is 6.81. The van der Waals surface area contributed by atoms with Gasteiger partial charge < -0.3 is 10.1 Å². The zero-order chi connectivity index (χ0) is 19.1. The van der Waals surface area contributed by atoms with Gasteiger partial charge in [0.25, 0.3) is 5.91 Å². The normalized spacial score (nSPS) is 15.0. The molecule has 3 rings (SSSR count). The fraction of sp³-hybridized carbons (Fsp3) is 0.450. The molecule has 1 fully saturated rings. The summed E-state index contributed by atoms with van der Waals surface area (Å²) in [4.78, 5) is 28.8. The van der Waals surface area contributed by atoms with Gasteiger partial charge in [0.15, 0.2) is 5.13 Å². The van der Waals surface area contributed by atoms with Crippen LogP contribution in [0.2, 0.25) is 0 Å². The number of anilines is 2. The van der Waals surface area contributed by atoms with E-state index in [2.05, 4.69) is 15.6 Å². The first kappa shape index (κ1) is 19.4. The van der Waals surface area contributed by atoms with Crippen molar-refractivity contribution in [1.29, 1.82) is 0 Å². The van der Waals surface area contributed by atoms with Crippen LogP contribution in [-0.4, -0.2) is 23.9 Å². The van der Waals surface area contributed by atoms with E-state index < -0.39 is 0 Å². The van der Waals surface area contributed by atoms with E-state index in [1.807, 2.05) is 0 Å². The molecule has 0 saturated heterocycles. The monoisotopic (exact) mass is 387 g/mol. The van der Waals surface area contributed by atoms with Crippen LogP contribution in [0.4, 0.5) is 10.8 Å². The van der Waals surface area contributed by atoms with Crippen LogP contribution in [0.15, 0.2) is 29.8 Å². The van der Waals surface area contributed by atoms with Gasteiger partial charge in [-0.05, 0) is 37.0 Å². The molecular weight excluding hydrogens is 362 g/mol. The zero-order valence-corrected chi connectivity index (χ0v) is 16.3. The molecule has 0 spiro atoms. The lowest BCUT2D eigenvalue weighted by Gasteiger charge is -2.15. The third kappa shape index (κ3) is 5.53. The number of rotatable bonds is 6. The highest BCUT2D eigenvalue weighted by Gasteiger charge is 2.18. The number of amides is 2. The van der Waals surface area contributed by atoms with Crippen molar-refractivity contribution in [3.05, 3.63) is 35.3 Å². The molecule has 1 saturated carbocycles. The first-order valence-corrected chi connectivity index (χ1v) is 10.2. The topological polar surface area (TPSA) is 80.3 Å². The number of thiazole rings is 1. The van der Waals surface area contributed by atoms with Gasteiger partial charge in [0.05, 0.1) is 12.8 Å². The number of carbonyl (C=O) groups excluding carboxylic acids is 2. The van der Waals surface area contributed by atoms with E-state index in [9.17, 15) is 9.59 Å².